The van der Waals surface area contributed by atoms with Crippen LogP contribution in [0.25, 0.3) is 16.8 Å². The van der Waals surface area contributed by atoms with Gasteiger partial charge in [0.2, 0.25) is 0 Å². The summed E-state index contributed by atoms with van der Waals surface area (Å²) in [6.45, 7) is 5.85. The first-order valence-corrected chi connectivity index (χ1v) is 11.6. The van der Waals surface area contributed by atoms with E-state index < -0.39 is 0 Å². The SMILES string of the molecule is C=CCNC(=S)c1c(-c2ccccc2)c2c3n(c(CNc4ccc(F)cc4)nn13)CCCC2. The van der Waals surface area contributed by atoms with Crippen LogP contribution in [0.1, 0.15) is 29.9 Å². The molecule has 2 aromatic heterocycles. The van der Waals surface area contributed by atoms with Crippen molar-refractivity contribution in [2.24, 2.45) is 0 Å². The van der Waals surface area contributed by atoms with Crippen molar-refractivity contribution < 1.29 is 4.39 Å². The summed E-state index contributed by atoms with van der Waals surface area (Å²) in [5.41, 5.74) is 6.49. The largest absolute Gasteiger partial charge is 0.378 e. The number of thiocarbonyl (C=S) groups is 1. The summed E-state index contributed by atoms with van der Waals surface area (Å²) in [7, 11) is 0. The number of aryl methyl sites for hydroxylation is 2. The Kier molecular flexibility index (Phi) is 5.96. The van der Waals surface area contributed by atoms with Crippen molar-refractivity contribution in [3.05, 3.63) is 90.2 Å². The minimum absolute atomic E-state index is 0.245. The third kappa shape index (κ3) is 4.04. The fraction of sp³-hybridized carbons (Fsp3) is 0.231. The van der Waals surface area contributed by atoms with Gasteiger partial charge in [-0.3, -0.25) is 0 Å². The van der Waals surface area contributed by atoms with Gasteiger partial charge in [0.15, 0.2) is 5.82 Å². The first-order valence-electron chi connectivity index (χ1n) is 11.2. The fourth-order valence-corrected chi connectivity index (χ4v) is 4.83. The molecule has 7 heteroatoms. The lowest BCUT2D eigenvalue weighted by Crippen LogP contribution is -2.24. The van der Waals surface area contributed by atoms with Gasteiger partial charge >= 0.3 is 0 Å². The van der Waals surface area contributed by atoms with Gasteiger partial charge in [-0.1, -0.05) is 48.6 Å². The van der Waals surface area contributed by atoms with Crippen LogP contribution in [-0.2, 0) is 19.5 Å². The molecule has 0 saturated carbocycles. The second-order valence-corrected chi connectivity index (χ2v) is 8.60. The van der Waals surface area contributed by atoms with Crippen LogP contribution in [-0.4, -0.2) is 25.7 Å². The van der Waals surface area contributed by atoms with Crippen LogP contribution in [0.2, 0.25) is 0 Å². The number of aromatic nitrogens is 3. The van der Waals surface area contributed by atoms with Crippen LogP contribution in [0, 0.1) is 5.82 Å². The van der Waals surface area contributed by atoms with E-state index in [1.165, 1.54) is 17.7 Å². The molecule has 5 nitrogen and oxygen atoms in total. The van der Waals surface area contributed by atoms with Gasteiger partial charge in [0.25, 0.3) is 0 Å². The van der Waals surface area contributed by atoms with E-state index >= 15 is 0 Å². The quantitative estimate of drug-likeness (QED) is 0.289. The molecule has 3 heterocycles. The summed E-state index contributed by atoms with van der Waals surface area (Å²) in [4.78, 5) is 0.665. The smallest absolute Gasteiger partial charge is 0.150 e. The van der Waals surface area contributed by atoms with Crippen molar-refractivity contribution in [3.63, 3.8) is 0 Å². The molecule has 1 aliphatic heterocycles. The van der Waals surface area contributed by atoms with Gasteiger partial charge in [-0.25, -0.2) is 8.91 Å². The third-order valence-corrected chi connectivity index (χ3v) is 6.38. The molecule has 168 valence electrons. The second kappa shape index (κ2) is 9.19. The van der Waals surface area contributed by atoms with Crippen LogP contribution < -0.4 is 10.6 Å². The van der Waals surface area contributed by atoms with Crippen molar-refractivity contribution in [2.75, 3.05) is 11.9 Å². The highest BCUT2D eigenvalue weighted by Crippen LogP contribution is 2.36. The molecule has 1 aliphatic rings. The molecule has 0 atom stereocenters. The number of hydrogen-bond donors (Lipinski definition) is 2. The predicted molar refractivity (Wildman–Crippen MR) is 135 cm³/mol. The van der Waals surface area contributed by atoms with Crippen LogP contribution >= 0.6 is 12.2 Å². The molecule has 4 aromatic rings. The Balaban J connectivity index is 1.64. The van der Waals surface area contributed by atoms with Crippen molar-refractivity contribution in [1.82, 2.24) is 19.5 Å². The molecule has 0 amide bonds. The van der Waals surface area contributed by atoms with Crippen LogP contribution in [0.4, 0.5) is 10.1 Å². The topological polar surface area (TPSA) is 46.3 Å². The first-order chi connectivity index (χ1) is 16.2. The molecule has 0 fully saturated rings. The lowest BCUT2D eigenvalue weighted by Gasteiger charge is -2.11. The normalized spacial score (nSPS) is 13.0. The van der Waals surface area contributed by atoms with E-state index in [0.29, 0.717) is 18.1 Å². The number of rotatable bonds is 7. The number of hydrogen-bond acceptors (Lipinski definition) is 3. The number of anilines is 1. The molecule has 0 radical (unpaired) electrons. The lowest BCUT2D eigenvalue weighted by atomic mass is 9.98. The maximum Gasteiger partial charge on any atom is 0.150 e. The minimum atomic E-state index is -0.245. The Labute approximate surface area is 197 Å². The highest BCUT2D eigenvalue weighted by Gasteiger charge is 2.28. The Morgan fingerprint density at radius 2 is 1.91 bits per heavy atom. The van der Waals surface area contributed by atoms with Crippen molar-refractivity contribution >= 4 is 28.5 Å². The summed E-state index contributed by atoms with van der Waals surface area (Å²) in [5.74, 6) is 0.690. The van der Waals surface area contributed by atoms with E-state index in [0.717, 1.165) is 59.8 Å². The van der Waals surface area contributed by atoms with E-state index in [1.54, 1.807) is 18.2 Å². The maximum absolute atomic E-state index is 13.3. The molecule has 0 aliphatic carbocycles. The van der Waals surface area contributed by atoms with Gasteiger partial charge in [0.1, 0.15) is 22.1 Å². The molecule has 2 aromatic carbocycles. The van der Waals surface area contributed by atoms with E-state index in [-0.39, 0.29) is 5.82 Å². The van der Waals surface area contributed by atoms with Gasteiger partial charge < -0.3 is 15.2 Å². The van der Waals surface area contributed by atoms with E-state index in [9.17, 15) is 4.39 Å². The average molecular weight is 460 g/mol. The maximum atomic E-state index is 13.3. The summed E-state index contributed by atoms with van der Waals surface area (Å²) in [6.07, 6.45) is 4.99. The fourth-order valence-electron chi connectivity index (χ4n) is 4.56. The number of nitrogens with zero attached hydrogens (tertiary/aromatic N) is 3. The highest BCUT2D eigenvalue weighted by atomic mass is 32.1. The van der Waals surface area contributed by atoms with Crippen LogP contribution in [0.15, 0.2) is 67.3 Å². The average Bonchev–Trinajstić information content (AvgIpc) is 3.24. The molecular formula is C26H26FN5S. The van der Waals surface area contributed by atoms with Gasteiger partial charge in [0.05, 0.1) is 6.54 Å². The van der Waals surface area contributed by atoms with Crippen molar-refractivity contribution in [1.29, 1.82) is 0 Å². The summed E-state index contributed by atoms with van der Waals surface area (Å²) in [5, 5.41) is 11.7. The first kappa shape index (κ1) is 21.4. The molecule has 5 rings (SSSR count). The zero-order valence-electron chi connectivity index (χ0n) is 18.4. The molecule has 0 saturated heterocycles. The minimum Gasteiger partial charge on any atom is -0.378 e. The number of nitrogens with one attached hydrogen (secondary N) is 2. The summed E-state index contributed by atoms with van der Waals surface area (Å²) in [6, 6.07) is 16.8. The Morgan fingerprint density at radius 3 is 2.67 bits per heavy atom. The number of halogens is 1. The Hall–Kier alpha value is -3.45. The Bertz CT molecular complexity index is 1300. The van der Waals surface area contributed by atoms with Crippen LogP contribution in [0.5, 0.6) is 0 Å². The molecule has 0 unspecified atom stereocenters. The third-order valence-electron chi connectivity index (χ3n) is 6.04. The molecule has 2 N–H and O–H groups in total. The van der Waals surface area contributed by atoms with Gasteiger partial charge in [-0.15, -0.1) is 6.58 Å². The van der Waals surface area contributed by atoms with Crippen molar-refractivity contribution in [3.8, 4) is 11.1 Å². The lowest BCUT2D eigenvalue weighted by molar-refractivity contribution is 0.618. The standard InChI is InChI=1S/C26H26FN5S/c1-2-15-28-25(33)24-23(18-8-4-3-5-9-18)21-10-6-7-16-31-22(30-32(24)26(21)31)17-29-20-13-11-19(27)12-14-20/h2-5,8-9,11-14,29H,1,6-7,10,15-17H2,(H,28,33). The Morgan fingerprint density at radius 1 is 1.12 bits per heavy atom. The van der Waals surface area contributed by atoms with Crippen LogP contribution in [0.3, 0.4) is 0 Å². The molecular weight excluding hydrogens is 433 g/mol. The zero-order valence-corrected chi connectivity index (χ0v) is 19.2. The van der Waals surface area contributed by atoms with E-state index in [2.05, 4.69) is 46.0 Å². The molecule has 33 heavy (non-hydrogen) atoms. The zero-order chi connectivity index (χ0) is 22.8. The monoisotopic (exact) mass is 459 g/mol. The molecule has 0 spiro atoms. The van der Waals surface area contributed by atoms with Gasteiger partial charge in [-0.2, -0.15) is 5.10 Å². The molecule has 0 bridgehead atoms. The predicted octanol–water partition coefficient (Wildman–Crippen LogP) is 5.34. The van der Waals surface area contributed by atoms with Gasteiger partial charge in [0, 0.05) is 29.9 Å². The van der Waals surface area contributed by atoms with Gasteiger partial charge in [-0.05, 0) is 49.1 Å². The summed E-state index contributed by atoms with van der Waals surface area (Å²) >= 11 is 5.84. The van der Waals surface area contributed by atoms with Crippen molar-refractivity contribution in [2.45, 2.75) is 32.4 Å². The highest BCUT2D eigenvalue weighted by molar-refractivity contribution is 7.80. The van der Waals surface area contributed by atoms with E-state index in [4.69, 9.17) is 17.3 Å². The summed E-state index contributed by atoms with van der Waals surface area (Å²) < 4.78 is 17.6. The second-order valence-electron chi connectivity index (χ2n) is 8.19. The van der Waals surface area contributed by atoms with E-state index in [1.807, 2.05) is 10.6 Å². The number of benzene rings is 2.